The van der Waals surface area contributed by atoms with Crippen molar-refractivity contribution in [2.45, 2.75) is 12.3 Å². The highest BCUT2D eigenvalue weighted by atomic mass is 79.9. The van der Waals surface area contributed by atoms with Gasteiger partial charge in [-0.05, 0) is 35.9 Å². The minimum absolute atomic E-state index is 0.00579. The molecule has 1 aromatic carbocycles. The largest absolute Gasteiger partial charge is 0.469 e. The van der Waals surface area contributed by atoms with Crippen LogP contribution in [0.15, 0.2) is 45.5 Å². The Bertz CT molecular complexity index is 563. The minimum Gasteiger partial charge on any atom is -0.469 e. The topological polar surface area (TPSA) is 42.2 Å². The molecule has 1 amide bonds. The summed E-state index contributed by atoms with van der Waals surface area (Å²) >= 11 is 3.45. The summed E-state index contributed by atoms with van der Waals surface area (Å²) < 4.78 is 6.43. The molecule has 1 aliphatic rings. The molecule has 2 heterocycles. The Morgan fingerprint density at radius 2 is 2.24 bits per heavy atom. The van der Waals surface area contributed by atoms with Crippen LogP contribution in [0.4, 0.5) is 5.69 Å². The predicted octanol–water partition coefficient (Wildman–Crippen LogP) is 3.52. The van der Waals surface area contributed by atoms with Crippen LogP contribution in [-0.2, 0) is 4.79 Å². The van der Waals surface area contributed by atoms with Gasteiger partial charge in [0.2, 0.25) is 5.91 Å². The number of hydrogen-bond acceptors (Lipinski definition) is 2. The molecule has 0 fully saturated rings. The molecule has 0 radical (unpaired) electrons. The summed E-state index contributed by atoms with van der Waals surface area (Å²) in [6.07, 6.45) is 2.07. The van der Waals surface area contributed by atoms with Crippen molar-refractivity contribution in [1.82, 2.24) is 0 Å². The molecule has 4 heteroatoms. The zero-order valence-corrected chi connectivity index (χ0v) is 10.5. The lowest BCUT2D eigenvalue weighted by atomic mass is 9.89. The maximum atomic E-state index is 11.7. The Balaban J connectivity index is 2.13. The smallest absolute Gasteiger partial charge is 0.225 e. The molecule has 0 aliphatic carbocycles. The molecular formula is C13H10BrNO2. The summed E-state index contributed by atoms with van der Waals surface area (Å²) in [6, 6.07) is 9.62. The number of carbonyl (C=O) groups is 1. The van der Waals surface area contributed by atoms with Gasteiger partial charge in [0.1, 0.15) is 5.76 Å². The van der Waals surface area contributed by atoms with Crippen molar-refractivity contribution in [3.8, 4) is 0 Å². The Hall–Kier alpha value is -1.55. The van der Waals surface area contributed by atoms with Crippen LogP contribution >= 0.6 is 15.9 Å². The first-order chi connectivity index (χ1) is 8.24. The van der Waals surface area contributed by atoms with Gasteiger partial charge < -0.3 is 9.73 Å². The number of hydrogen-bond donors (Lipinski definition) is 1. The van der Waals surface area contributed by atoms with Crippen LogP contribution in [0.5, 0.6) is 0 Å². The van der Waals surface area contributed by atoms with Gasteiger partial charge in [-0.3, -0.25) is 4.79 Å². The van der Waals surface area contributed by atoms with Crippen LogP contribution in [-0.4, -0.2) is 5.91 Å². The number of fused-ring (bicyclic) bond motifs is 1. The van der Waals surface area contributed by atoms with E-state index in [9.17, 15) is 4.79 Å². The Kier molecular flexibility index (Phi) is 2.52. The monoisotopic (exact) mass is 291 g/mol. The van der Waals surface area contributed by atoms with Gasteiger partial charge in [0.25, 0.3) is 0 Å². The number of furan rings is 1. The summed E-state index contributed by atoms with van der Waals surface area (Å²) in [6.45, 7) is 0. The van der Waals surface area contributed by atoms with Gasteiger partial charge in [-0.25, -0.2) is 0 Å². The highest BCUT2D eigenvalue weighted by Crippen LogP contribution is 2.38. The fraction of sp³-hybridized carbons (Fsp3) is 0.154. The molecule has 1 aliphatic heterocycles. The lowest BCUT2D eigenvalue weighted by Gasteiger charge is -2.24. The highest BCUT2D eigenvalue weighted by molar-refractivity contribution is 9.10. The van der Waals surface area contributed by atoms with Gasteiger partial charge in [-0.15, -0.1) is 0 Å². The van der Waals surface area contributed by atoms with Gasteiger partial charge in [0, 0.05) is 16.6 Å². The summed E-state index contributed by atoms with van der Waals surface area (Å²) in [5.41, 5.74) is 1.96. The second-order valence-corrected chi connectivity index (χ2v) is 4.97. The number of amides is 1. The number of halogens is 1. The Labute approximate surface area is 107 Å². The first-order valence-electron chi connectivity index (χ1n) is 5.37. The first kappa shape index (κ1) is 10.6. The zero-order valence-electron chi connectivity index (χ0n) is 8.94. The molecule has 3 nitrogen and oxygen atoms in total. The fourth-order valence-electron chi connectivity index (χ4n) is 2.18. The number of rotatable bonds is 1. The van der Waals surface area contributed by atoms with E-state index in [0.717, 1.165) is 21.5 Å². The molecule has 2 aromatic rings. The normalized spacial score (nSPS) is 18.6. The maximum absolute atomic E-state index is 11.7. The molecule has 1 aromatic heterocycles. The lowest BCUT2D eigenvalue weighted by Crippen LogP contribution is -2.23. The van der Waals surface area contributed by atoms with Crippen LogP contribution < -0.4 is 5.32 Å². The summed E-state index contributed by atoms with van der Waals surface area (Å²) in [7, 11) is 0. The molecule has 86 valence electrons. The number of anilines is 1. The molecule has 0 spiro atoms. The predicted molar refractivity (Wildman–Crippen MR) is 67.9 cm³/mol. The van der Waals surface area contributed by atoms with E-state index in [1.807, 2.05) is 30.3 Å². The van der Waals surface area contributed by atoms with E-state index in [1.54, 1.807) is 6.26 Å². The summed E-state index contributed by atoms with van der Waals surface area (Å²) in [5.74, 6) is 0.867. The lowest BCUT2D eigenvalue weighted by molar-refractivity contribution is -0.116. The van der Waals surface area contributed by atoms with Gasteiger partial charge in [0.15, 0.2) is 0 Å². The van der Waals surface area contributed by atoms with Crippen LogP contribution in [0, 0.1) is 0 Å². The molecule has 0 bridgehead atoms. The van der Waals surface area contributed by atoms with Crippen LogP contribution in [0.3, 0.4) is 0 Å². The van der Waals surface area contributed by atoms with Gasteiger partial charge >= 0.3 is 0 Å². The summed E-state index contributed by atoms with van der Waals surface area (Å²) in [4.78, 5) is 11.7. The average molecular weight is 292 g/mol. The van der Waals surface area contributed by atoms with E-state index in [-0.39, 0.29) is 11.8 Å². The van der Waals surface area contributed by atoms with Crippen molar-refractivity contribution in [2.24, 2.45) is 0 Å². The van der Waals surface area contributed by atoms with Crippen molar-refractivity contribution < 1.29 is 9.21 Å². The third kappa shape index (κ3) is 1.89. The minimum atomic E-state index is 0.00579. The van der Waals surface area contributed by atoms with Gasteiger partial charge in [0.05, 0.1) is 12.2 Å². The SMILES string of the molecule is O=C1CC(c2ccco2)c2cc(Br)ccc2N1. The van der Waals surface area contributed by atoms with Crippen molar-refractivity contribution in [3.05, 3.63) is 52.4 Å². The van der Waals surface area contributed by atoms with Crippen LogP contribution in [0.1, 0.15) is 23.7 Å². The molecule has 17 heavy (non-hydrogen) atoms. The zero-order chi connectivity index (χ0) is 11.8. The highest BCUT2D eigenvalue weighted by Gasteiger charge is 2.28. The number of nitrogens with one attached hydrogen (secondary N) is 1. The fourth-order valence-corrected chi connectivity index (χ4v) is 2.55. The van der Waals surface area contributed by atoms with Gasteiger partial charge in [-0.2, -0.15) is 0 Å². The Morgan fingerprint density at radius 3 is 3.00 bits per heavy atom. The van der Waals surface area contributed by atoms with E-state index in [2.05, 4.69) is 21.2 Å². The molecule has 1 unspecified atom stereocenters. The van der Waals surface area contributed by atoms with E-state index >= 15 is 0 Å². The van der Waals surface area contributed by atoms with Crippen molar-refractivity contribution in [2.75, 3.05) is 5.32 Å². The van der Waals surface area contributed by atoms with E-state index in [4.69, 9.17) is 4.42 Å². The molecule has 0 saturated heterocycles. The average Bonchev–Trinajstić information content (AvgIpc) is 2.82. The third-order valence-corrected chi connectivity index (χ3v) is 3.43. The molecular weight excluding hydrogens is 282 g/mol. The van der Waals surface area contributed by atoms with E-state index in [1.165, 1.54) is 0 Å². The molecule has 1 N–H and O–H groups in total. The van der Waals surface area contributed by atoms with Crippen LogP contribution in [0.2, 0.25) is 0 Å². The molecule has 3 rings (SSSR count). The van der Waals surface area contributed by atoms with Crippen molar-refractivity contribution in [1.29, 1.82) is 0 Å². The maximum Gasteiger partial charge on any atom is 0.225 e. The second kappa shape index (κ2) is 4.04. The third-order valence-electron chi connectivity index (χ3n) is 2.94. The Morgan fingerprint density at radius 1 is 1.35 bits per heavy atom. The summed E-state index contributed by atoms with van der Waals surface area (Å²) in [5, 5.41) is 2.88. The number of carbonyl (C=O) groups excluding carboxylic acids is 1. The second-order valence-electron chi connectivity index (χ2n) is 4.05. The quantitative estimate of drug-likeness (QED) is 0.874. The van der Waals surface area contributed by atoms with Crippen molar-refractivity contribution >= 4 is 27.5 Å². The van der Waals surface area contributed by atoms with Gasteiger partial charge in [-0.1, -0.05) is 15.9 Å². The van der Waals surface area contributed by atoms with E-state index < -0.39 is 0 Å². The molecule has 0 saturated carbocycles. The van der Waals surface area contributed by atoms with Crippen molar-refractivity contribution in [3.63, 3.8) is 0 Å². The first-order valence-corrected chi connectivity index (χ1v) is 6.16. The standard InChI is InChI=1S/C13H10BrNO2/c14-8-3-4-11-9(6-8)10(7-13(16)15-11)12-2-1-5-17-12/h1-6,10H,7H2,(H,15,16). The van der Waals surface area contributed by atoms with Crippen LogP contribution in [0.25, 0.3) is 0 Å². The van der Waals surface area contributed by atoms with E-state index in [0.29, 0.717) is 6.42 Å². The number of benzene rings is 1. The molecule has 1 atom stereocenters.